The van der Waals surface area contributed by atoms with Crippen LogP contribution in [0.25, 0.3) is 11.8 Å². The van der Waals surface area contributed by atoms with Crippen molar-refractivity contribution in [3.8, 4) is 11.4 Å². The van der Waals surface area contributed by atoms with E-state index >= 15 is 0 Å². The van der Waals surface area contributed by atoms with Crippen LogP contribution in [0.4, 0.5) is 0 Å². The number of hydrogen-bond acceptors (Lipinski definition) is 4. The van der Waals surface area contributed by atoms with Gasteiger partial charge in [-0.2, -0.15) is 5.10 Å². The van der Waals surface area contributed by atoms with E-state index in [-0.39, 0.29) is 11.9 Å². The topological polar surface area (TPSA) is 59.4 Å². The van der Waals surface area contributed by atoms with Gasteiger partial charge in [-0.15, -0.1) is 0 Å². The average Bonchev–Trinajstić information content (AvgIpc) is 3.30. The number of carbonyl (C=O) groups excluding carboxylic acids is 1. The number of hydrogen-bond donors (Lipinski definition) is 1. The van der Waals surface area contributed by atoms with Gasteiger partial charge in [-0.05, 0) is 49.0 Å². The van der Waals surface area contributed by atoms with Crippen LogP contribution in [-0.4, -0.2) is 47.3 Å². The second-order valence-electron chi connectivity index (χ2n) is 7.15. The lowest BCUT2D eigenvalue weighted by Crippen LogP contribution is -2.37. The Balaban J connectivity index is 1.64. The number of ether oxygens (including phenoxy) is 1. The van der Waals surface area contributed by atoms with Gasteiger partial charge in [0.2, 0.25) is 5.91 Å². The molecule has 1 heterocycles. The molecular weight excluding hydrogens is 388 g/mol. The SMILES string of the molecule is CCN(CC)C(CNC(=O)/C=C/c1cnn(-c2ccccc2)c1)c1cccc(OC)c1. The zero-order valence-corrected chi connectivity index (χ0v) is 18.4. The van der Waals surface area contributed by atoms with E-state index in [4.69, 9.17) is 4.74 Å². The van der Waals surface area contributed by atoms with Crippen molar-refractivity contribution in [3.63, 3.8) is 0 Å². The van der Waals surface area contributed by atoms with Crippen molar-refractivity contribution in [2.45, 2.75) is 19.9 Å². The lowest BCUT2D eigenvalue weighted by atomic mass is 10.0. The third-order valence-electron chi connectivity index (χ3n) is 5.25. The van der Waals surface area contributed by atoms with Crippen molar-refractivity contribution in [1.82, 2.24) is 20.0 Å². The van der Waals surface area contributed by atoms with Crippen molar-refractivity contribution < 1.29 is 9.53 Å². The number of carbonyl (C=O) groups is 1. The van der Waals surface area contributed by atoms with E-state index in [1.165, 1.54) is 0 Å². The lowest BCUT2D eigenvalue weighted by Gasteiger charge is -2.30. The summed E-state index contributed by atoms with van der Waals surface area (Å²) in [5.74, 6) is 0.684. The standard InChI is InChI=1S/C25H30N4O2/c1-4-28(5-2)24(21-10-9-13-23(16-21)31-3)18-26-25(30)15-14-20-17-27-29(19-20)22-11-7-6-8-12-22/h6-17,19,24H,4-5,18H2,1-3H3,(H,26,30)/b15-14+. The van der Waals surface area contributed by atoms with E-state index in [1.807, 2.05) is 54.7 Å². The summed E-state index contributed by atoms with van der Waals surface area (Å²) in [6.07, 6.45) is 6.97. The summed E-state index contributed by atoms with van der Waals surface area (Å²) in [7, 11) is 1.66. The van der Waals surface area contributed by atoms with E-state index in [2.05, 4.69) is 35.2 Å². The van der Waals surface area contributed by atoms with Crippen LogP contribution >= 0.6 is 0 Å². The van der Waals surface area contributed by atoms with Crippen molar-refractivity contribution in [2.24, 2.45) is 0 Å². The van der Waals surface area contributed by atoms with Gasteiger partial charge in [0, 0.05) is 24.4 Å². The molecule has 0 fully saturated rings. The van der Waals surface area contributed by atoms with Gasteiger partial charge >= 0.3 is 0 Å². The molecule has 0 aliphatic carbocycles. The van der Waals surface area contributed by atoms with Gasteiger partial charge in [0.1, 0.15) is 5.75 Å². The fourth-order valence-corrected chi connectivity index (χ4v) is 3.54. The van der Waals surface area contributed by atoms with Gasteiger partial charge in [-0.25, -0.2) is 4.68 Å². The van der Waals surface area contributed by atoms with Crippen molar-refractivity contribution in [2.75, 3.05) is 26.7 Å². The number of amides is 1. The van der Waals surface area contributed by atoms with Gasteiger partial charge in [-0.1, -0.05) is 44.2 Å². The highest BCUT2D eigenvalue weighted by Crippen LogP contribution is 2.23. The zero-order valence-electron chi connectivity index (χ0n) is 18.4. The Morgan fingerprint density at radius 3 is 2.65 bits per heavy atom. The highest BCUT2D eigenvalue weighted by Gasteiger charge is 2.19. The number of benzene rings is 2. The monoisotopic (exact) mass is 418 g/mol. The molecule has 1 N–H and O–H groups in total. The van der Waals surface area contributed by atoms with Crippen molar-refractivity contribution in [3.05, 3.63) is 84.2 Å². The van der Waals surface area contributed by atoms with Gasteiger partial charge in [0.25, 0.3) is 0 Å². The summed E-state index contributed by atoms with van der Waals surface area (Å²) in [6.45, 7) is 6.55. The van der Waals surface area contributed by atoms with E-state index in [1.54, 1.807) is 30.1 Å². The Kier molecular flexibility index (Phi) is 8.01. The molecule has 1 atom stereocenters. The van der Waals surface area contributed by atoms with Crippen LogP contribution in [0.3, 0.4) is 0 Å². The van der Waals surface area contributed by atoms with E-state index in [9.17, 15) is 4.79 Å². The molecule has 162 valence electrons. The predicted molar refractivity (Wildman–Crippen MR) is 124 cm³/mol. The number of nitrogens with zero attached hydrogens (tertiary/aromatic N) is 3. The minimum absolute atomic E-state index is 0.0725. The normalized spacial score (nSPS) is 12.3. The van der Waals surface area contributed by atoms with E-state index < -0.39 is 0 Å². The average molecular weight is 419 g/mol. The summed E-state index contributed by atoms with van der Waals surface area (Å²) in [5.41, 5.74) is 2.97. The second-order valence-corrected chi connectivity index (χ2v) is 7.15. The molecule has 0 saturated carbocycles. The number of methoxy groups -OCH3 is 1. The minimum Gasteiger partial charge on any atom is -0.497 e. The molecule has 0 spiro atoms. The predicted octanol–water partition coefficient (Wildman–Crippen LogP) is 4.09. The Labute approximate surface area is 184 Å². The van der Waals surface area contributed by atoms with Crippen LogP contribution < -0.4 is 10.1 Å². The van der Waals surface area contributed by atoms with E-state index in [0.29, 0.717) is 6.54 Å². The quantitative estimate of drug-likeness (QED) is 0.504. The third kappa shape index (κ3) is 6.06. The molecule has 1 amide bonds. The number of para-hydroxylation sites is 1. The fourth-order valence-electron chi connectivity index (χ4n) is 3.54. The third-order valence-corrected chi connectivity index (χ3v) is 5.25. The molecule has 6 heteroatoms. The van der Waals surface area contributed by atoms with Crippen LogP contribution in [0.15, 0.2) is 73.1 Å². The molecule has 1 unspecified atom stereocenters. The van der Waals surface area contributed by atoms with Gasteiger partial charge < -0.3 is 10.1 Å². The van der Waals surface area contributed by atoms with Gasteiger partial charge in [0.05, 0.1) is 25.0 Å². The number of rotatable bonds is 10. The highest BCUT2D eigenvalue weighted by atomic mass is 16.5. The van der Waals surface area contributed by atoms with Gasteiger partial charge in [-0.3, -0.25) is 9.69 Å². The van der Waals surface area contributed by atoms with Crippen LogP contribution in [-0.2, 0) is 4.79 Å². The Morgan fingerprint density at radius 1 is 1.16 bits per heavy atom. The molecule has 3 aromatic rings. The van der Waals surface area contributed by atoms with Crippen LogP contribution in [0.5, 0.6) is 5.75 Å². The molecule has 1 aromatic heterocycles. The highest BCUT2D eigenvalue weighted by molar-refractivity contribution is 5.91. The van der Waals surface area contributed by atoms with Crippen LogP contribution in [0.1, 0.15) is 31.0 Å². The molecule has 0 radical (unpaired) electrons. The first-order valence-corrected chi connectivity index (χ1v) is 10.6. The smallest absolute Gasteiger partial charge is 0.244 e. The zero-order chi connectivity index (χ0) is 22.1. The number of likely N-dealkylation sites (N-methyl/N-ethyl adjacent to an activating group) is 1. The summed E-state index contributed by atoms with van der Waals surface area (Å²) >= 11 is 0. The molecule has 0 bridgehead atoms. The lowest BCUT2D eigenvalue weighted by molar-refractivity contribution is -0.116. The first kappa shape index (κ1) is 22.3. The van der Waals surface area contributed by atoms with Crippen molar-refractivity contribution >= 4 is 12.0 Å². The molecule has 3 rings (SSSR count). The molecule has 31 heavy (non-hydrogen) atoms. The Bertz CT molecular complexity index is 994. The summed E-state index contributed by atoms with van der Waals surface area (Å²) < 4.78 is 7.16. The molecule has 0 aliphatic rings. The maximum absolute atomic E-state index is 12.5. The fraction of sp³-hybridized carbons (Fsp3) is 0.280. The van der Waals surface area contributed by atoms with Gasteiger partial charge in [0.15, 0.2) is 0 Å². The second kappa shape index (κ2) is 11.1. The Morgan fingerprint density at radius 2 is 1.94 bits per heavy atom. The first-order chi connectivity index (χ1) is 15.1. The maximum Gasteiger partial charge on any atom is 0.244 e. The van der Waals surface area contributed by atoms with Crippen LogP contribution in [0, 0.1) is 0 Å². The Hall–Kier alpha value is -3.38. The maximum atomic E-state index is 12.5. The number of nitrogens with one attached hydrogen (secondary N) is 1. The minimum atomic E-state index is -0.132. The summed E-state index contributed by atoms with van der Waals surface area (Å²) in [6, 6.07) is 18.0. The van der Waals surface area contributed by atoms with Crippen LogP contribution in [0.2, 0.25) is 0 Å². The molecule has 0 saturated heterocycles. The molecule has 2 aromatic carbocycles. The summed E-state index contributed by atoms with van der Waals surface area (Å²) in [5, 5.41) is 7.40. The first-order valence-electron chi connectivity index (χ1n) is 10.6. The molecular formula is C25H30N4O2. The summed E-state index contributed by atoms with van der Waals surface area (Å²) in [4.78, 5) is 14.8. The number of aromatic nitrogens is 2. The van der Waals surface area contributed by atoms with Crippen molar-refractivity contribution in [1.29, 1.82) is 0 Å². The van der Waals surface area contributed by atoms with E-state index in [0.717, 1.165) is 35.7 Å². The largest absolute Gasteiger partial charge is 0.497 e. The molecule has 6 nitrogen and oxygen atoms in total. The molecule has 0 aliphatic heterocycles.